The SMILES string of the molecule is CC(=O)Nc1ccc(C=C2SC(C(N)=O)=NC2=O)cc1. The van der Waals surface area contributed by atoms with E-state index in [1.807, 2.05) is 0 Å². The third-order valence-corrected chi connectivity index (χ3v) is 3.36. The fourth-order valence-corrected chi connectivity index (χ4v) is 2.30. The molecular weight excluding hydrogens is 278 g/mol. The highest BCUT2D eigenvalue weighted by Crippen LogP contribution is 2.28. The Labute approximate surface area is 119 Å². The number of benzene rings is 1. The second-order valence-corrected chi connectivity index (χ2v) is 5.03. The first-order chi connectivity index (χ1) is 9.45. The van der Waals surface area contributed by atoms with Crippen LogP contribution in [-0.2, 0) is 14.4 Å². The van der Waals surface area contributed by atoms with Gasteiger partial charge in [-0.25, -0.2) is 0 Å². The van der Waals surface area contributed by atoms with Crippen molar-refractivity contribution in [1.82, 2.24) is 0 Å². The summed E-state index contributed by atoms with van der Waals surface area (Å²) >= 11 is 0.954. The fourth-order valence-electron chi connectivity index (χ4n) is 1.53. The molecule has 6 nitrogen and oxygen atoms in total. The van der Waals surface area contributed by atoms with Crippen molar-refractivity contribution in [2.24, 2.45) is 10.7 Å². The lowest BCUT2D eigenvalue weighted by molar-refractivity contribution is -0.114. The molecule has 0 radical (unpaired) electrons. The van der Waals surface area contributed by atoms with Gasteiger partial charge in [0.25, 0.3) is 11.8 Å². The minimum Gasteiger partial charge on any atom is -0.364 e. The molecule has 0 saturated heterocycles. The quantitative estimate of drug-likeness (QED) is 0.815. The number of carbonyl (C=O) groups excluding carboxylic acids is 3. The van der Waals surface area contributed by atoms with Crippen LogP contribution in [0.1, 0.15) is 12.5 Å². The summed E-state index contributed by atoms with van der Waals surface area (Å²) in [6.45, 7) is 1.42. The Balaban J connectivity index is 2.14. The van der Waals surface area contributed by atoms with E-state index in [1.165, 1.54) is 6.92 Å². The largest absolute Gasteiger partial charge is 0.364 e. The minimum absolute atomic E-state index is 0.00360. The average molecular weight is 289 g/mol. The highest BCUT2D eigenvalue weighted by molar-refractivity contribution is 8.20. The highest BCUT2D eigenvalue weighted by atomic mass is 32.2. The molecule has 0 saturated carbocycles. The molecule has 3 amide bonds. The molecular formula is C13H11N3O3S. The van der Waals surface area contributed by atoms with Crippen molar-refractivity contribution in [3.05, 3.63) is 34.7 Å². The molecule has 0 fully saturated rings. The molecule has 7 heteroatoms. The van der Waals surface area contributed by atoms with E-state index in [0.717, 1.165) is 17.3 Å². The van der Waals surface area contributed by atoms with Crippen LogP contribution in [0.5, 0.6) is 0 Å². The van der Waals surface area contributed by atoms with Crippen molar-refractivity contribution < 1.29 is 14.4 Å². The topological polar surface area (TPSA) is 102 Å². The van der Waals surface area contributed by atoms with Crippen molar-refractivity contribution in [2.75, 3.05) is 5.32 Å². The lowest BCUT2D eigenvalue weighted by Gasteiger charge is -2.02. The zero-order valence-electron chi connectivity index (χ0n) is 10.5. The molecule has 0 unspecified atom stereocenters. The van der Waals surface area contributed by atoms with E-state index in [9.17, 15) is 14.4 Å². The Bertz CT molecular complexity index is 647. The van der Waals surface area contributed by atoms with E-state index in [4.69, 9.17) is 5.73 Å². The number of hydrogen-bond donors (Lipinski definition) is 2. The van der Waals surface area contributed by atoms with Crippen LogP contribution in [0.2, 0.25) is 0 Å². The summed E-state index contributed by atoms with van der Waals surface area (Å²) in [5.41, 5.74) is 6.50. The van der Waals surface area contributed by atoms with E-state index < -0.39 is 11.8 Å². The molecule has 0 atom stereocenters. The first kappa shape index (κ1) is 14.0. The van der Waals surface area contributed by atoms with Crippen molar-refractivity contribution in [1.29, 1.82) is 0 Å². The number of nitrogens with two attached hydrogens (primary N) is 1. The normalized spacial score (nSPS) is 16.1. The molecule has 0 bridgehead atoms. The van der Waals surface area contributed by atoms with Crippen LogP contribution in [0.3, 0.4) is 0 Å². The molecule has 0 spiro atoms. The number of anilines is 1. The lowest BCUT2D eigenvalue weighted by atomic mass is 10.2. The van der Waals surface area contributed by atoms with Gasteiger partial charge in [0.15, 0.2) is 5.04 Å². The maximum absolute atomic E-state index is 11.6. The summed E-state index contributed by atoms with van der Waals surface area (Å²) in [6.07, 6.45) is 1.62. The molecule has 3 N–H and O–H groups in total. The number of rotatable bonds is 3. The Hall–Kier alpha value is -2.41. The first-order valence-corrected chi connectivity index (χ1v) is 6.47. The van der Waals surface area contributed by atoms with Crippen molar-refractivity contribution >= 4 is 46.3 Å². The zero-order chi connectivity index (χ0) is 14.7. The maximum Gasteiger partial charge on any atom is 0.285 e. The number of hydrogen-bond acceptors (Lipinski definition) is 4. The average Bonchev–Trinajstić information content (AvgIpc) is 2.73. The predicted molar refractivity (Wildman–Crippen MR) is 78.0 cm³/mol. The van der Waals surface area contributed by atoms with Gasteiger partial charge in [-0.2, -0.15) is 4.99 Å². The van der Waals surface area contributed by atoms with E-state index in [2.05, 4.69) is 10.3 Å². The summed E-state index contributed by atoms with van der Waals surface area (Å²) < 4.78 is 0. The second-order valence-electron chi connectivity index (χ2n) is 4.00. The summed E-state index contributed by atoms with van der Waals surface area (Å²) in [7, 11) is 0. The molecule has 102 valence electrons. The zero-order valence-corrected chi connectivity index (χ0v) is 11.4. The Morgan fingerprint density at radius 1 is 1.30 bits per heavy atom. The summed E-state index contributed by atoms with van der Waals surface area (Å²) in [5.74, 6) is -1.35. The smallest absolute Gasteiger partial charge is 0.285 e. The van der Waals surface area contributed by atoms with Crippen LogP contribution in [0.25, 0.3) is 6.08 Å². The van der Waals surface area contributed by atoms with Gasteiger partial charge in [0.2, 0.25) is 5.91 Å². The van der Waals surface area contributed by atoms with E-state index >= 15 is 0 Å². The van der Waals surface area contributed by atoms with E-state index in [0.29, 0.717) is 10.6 Å². The first-order valence-electron chi connectivity index (χ1n) is 5.66. The molecule has 1 heterocycles. The summed E-state index contributed by atoms with van der Waals surface area (Å²) in [4.78, 5) is 37.3. The minimum atomic E-state index is -0.715. The van der Waals surface area contributed by atoms with Crippen molar-refractivity contribution in [3.63, 3.8) is 0 Å². The number of thioether (sulfide) groups is 1. The van der Waals surface area contributed by atoms with Crippen LogP contribution in [-0.4, -0.2) is 22.8 Å². The molecule has 2 rings (SSSR count). The third kappa shape index (κ3) is 3.33. The van der Waals surface area contributed by atoms with E-state index in [-0.39, 0.29) is 11.0 Å². The Morgan fingerprint density at radius 3 is 2.45 bits per heavy atom. The molecule has 20 heavy (non-hydrogen) atoms. The summed E-state index contributed by atoms with van der Waals surface area (Å²) in [5, 5.41) is 2.64. The fraction of sp³-hybridized carbons (Fsp3) is 0.0769. The monoisotopic (exact) mass is 289 g/mol. The number of amides is 3. The standard InChI is InChI=1S/C13H11N3O3S/c1-7(17)15-9-4-2-8(3-5-9)6-10-12(19)16-13(20-10)11(14)18/h2-6H,1H3,(H2,14,18)(H,15,17). The second kappa shape index (κ2) is 5.70. The van der Waals surface area contributed by atoms with Gasteiger partial charge in [0, 0.05) is 12.6 Å². The molecule has 1 aliphatic heterocycles. The van der Waals surface area contributed by atoms with Gasteiger partial charge >= 0.3 is 0 Å². The molecule has 0 aliphatic carbocycles. The van der Waals surface area contributed by atoms with Gasteiger partial charge in [-0.15, -0.1) is 0 Å². The van der Waals surface area contributed by atoms with Gasteiger partial charge in [-0.3, -0.25) is 14.4 Å². The molecule has 0 aromatic heterocycles. The van der Waals surface area contributed by atoms with Crippen LogP contribution >= 0.6 is 11.8 Å². The van der Waals surface area contributed by atoms with Crippen LogP contribution < -0.4 is 11.1 Å². The molecule has 1 aromatic carbocycles. The van der Waals surface area contributed by atoms with Gasteiger partial charge in [0.05, 0.1) is 4.91 Å². The lowest BCUT2D eigenvalue weighted by Crippen LogP contribution is -2.18. The van der Waals surface area contributed by atoms with Gasteiger partial charge in [0.1, 0.15) is 0 Å². The highest BCUT2D eigenvalue weighted by Gasteiger charge is 2.24. The number of carbonyl (C=O) groups is 3. The number of nitrogens with one attached hydrogen (secondary N) is 1. The van der Waals surface area contributed by atoms with Crippen LogP contribution in [0, 0.1) is 0 Å². The van der Waals surface area contributed by atoms with Crippen LogP contribution in [0.15, 0.2) is 34.2 Å². The van der Waals surface area contributed by atoms with Gasteiger partial charge < -0.3 is 11.1 Å². The van der Waals surface area contributed by atoms with Crippen molar-refractivity contribution in [2.45, 2.75) is 6.92 Å². The Morgan fingerprint density at radius 2 is 1.95 bits per heavy atom. The number of aliphatic imine (C=N–C) groups is 1. The Kier molecular flexibility index (Phi) is 3.99. The summed E-state index contributed by atoms with van der Waals surface area (Å²) in [6, 6.07) is 6.92. The molecule has 1 aromatic rings. The van der Waals surface area contributed by atoms with Crippen molar-refractivity contribution in [3.8, 4) is 0 Å². The van der Waals surface area contributed by atoms with E-state index in [1.54, 1.807) is 30.3 Å². The maximum atomic E-state index is 11.6. The number of nitrogens with zero attached hydrogens (tertiary/aromatic N) is 1. The van der Waals surface area contributed by atoms with Crippen LogP contribution in [0.4, 0.5) is 5.69 Å². The van der Waals surface area contributed by atoms with Gasteiger partial charge in [-0.05, 0) is 23.8 Å². The number of primary amides is 1. The predicted octanol–water partition coefficient (Wildman–Crippen LogP) is 1.14. The third-order valence-electron chi connectivity index (χ3n) is 2.36. The molecule has 1 aliphatic rings. The van der Waals surface area contributed by atoms with Gasteiger partial charge in [-0.1, -0.05) is 23.9 Å².